The van der Waals surface area contributed by atoms with Crippen molar-refractivity contribution >= 4 is 11.0 Å². The van der Waals surface area contributed by atoms with Gasteiger partial charge in [-0.2, -0.15) is 0 Å². The molecule has 27 heavy (non-hydrogen) atoms. The molecule has 1 aliphatic heterocycles. The number of piperazine rings is 1. The van der Waals surface area contributed by atoms with Crippen molar-refractivity contribution in [2.45, 2.75) is 13.1 Å². The lowest BCUT2D eigenvalue weighted by atomic mass is 10.1. The molecule has 6 nitrogen and oxygen atoms in total. The predicted octanol–water partition coefficient (Wildman–Crippen LogP) is 2.90. The molecule has 1 saturated heterocycles. The average molecular weight is 366 g/mol. The highest BCUT2D eigenvalue weighted by molar-refractivity contribution is 5.74. The fourth-order valence-corrected chi connectivity index (χ4v) is 3.64. The summed E-state index contributed by atoms with van der Waals surface area (Å²) in [5.74, 6) is 2.83. The number of ether oxygens (including phenoxy) is 2. The first kappa shape index (κ1) is 17.8. The molecule has 0 unspecified atom stereocenters. The quantitative estimate of drug-likeness (QED) is 0.727. The number of hydrogen-bond donors (Lipinski definition) is 1. The van der Waals surface area contributed by atoms with E-state index in [-0.39, 0.29) is 0 Å². The second-order valence-electron chi connectivity index (χ2n) is 6.93. The van der Waals surface area contributed by atoms with Crippen LogP contribution in [-0.4, -0.2) is 60.2 Å². The molecule has 6 heteroatoms. The van der Waals surface area contributed by atoms with Crippen LogP contribution in [0.5, 0.6) is 11.5 Å². The van der Waals surface area contributed by atoms with Gasteiger partial charge < -0.3 is 14.5 Å². The lowest BCUT2D eigenvalue weighted by molar-refractivity contribution is 0.119. The van der Waals surface area contributed by atoms with Gasteiger partial charge in [-0.25, -0.2) is 4.98 Å². The Balaban J connectivity index is 1.35. The van der Waals surface area contributed by atoms with Crippen LogP contribution in [0, 0.1) is 0 Å². The van der Waals surface area contributed by atoms with Crippen LogP contribution in [0.1, 0.15) is 11.4 Å². The average Bonchev–Trinajstić information content (AvgIpc) is 3.11. The fraction of sp³-hybridized carbons (Fsp3) is 0.381. The molecule has 0 radical (unpaired) electrons. The number of para-hydroxylation sites is 2. The molecule has 0 aliphatic carbocycles. The summed E-state index contributed by atoms with van der Waals surface area (Å²) in [5, 5.41) is 0. The number of benzene rings is 2. The summed E-state index contributed by atoms with van der Waals surface area (Å²) < 4.78 is 10.9. The van der Waals surface area contributed by atoms with Crippen molar-refractivity contribution in [3.8, 4) is 11.5 Å². The van der Waals surface area contributed by atoms with Gasteiger partial charge in [0, 0.05) is 38.3 Å². The van der Waals surface area contributed by atoms with Crippen molar-refractivity contribution in [1.29, 1.82) is 0 Å². The van der Waals surface area contributed by atoms with Crippen molar-refractivity contribution < 1.29 is 9.47 Å². The molecule has 142 valence electrons. The third-order valence-electron chi connectivity index (χ3n) is 5.16. The van der Waals surface area contributed by atoms with Crippen molar-refractivity contribution in [1.82, 2.24) is 19.8 Å². The molecule has 0 saturated carbocycles. The van der Waals surface area contributed by atoms with Gasteiger partial charge in [0.15, 0.2) is 0 Å². The van der Waals surface area contributed by atoms with E-state index in [1.54, 1.807) is 14.2 Å². The van der Waals surface area contributed by atoms with E-state index in [1.165, 1.54) is 5.56 Å². The smallest absolute Gasteiger partial charge is 0.123 e. The molecule has 3 aromatic rings. The molecule has 1 fully saturated rings. The fourth-order valence-electron chi connectivity index (χ4n) is 3.64. The van der Waals surface area contributed by atoms with Crippen molar-refractivity contribution in [3.63, 3.8) is 0 Å². The largest absolute Gasteiger partial charge is 0.497 e. The summed E-state index contributed by atoms with van der Waals surface area (Å²) >= 11 is 0. The number of H-pyrrole nitrogens is 1. The highest BCUT2D eigenvalue weighted by Gasteiger charge is 2.19. The molecule has 0 atom stereocenters. The zero-order chi connectivity index (χ0) is 18.6. The van der Waals surface area contributed by atoms with Gasteiger partial charge in [-0.15, -0.1) is 0 Å². The van der Waals surface area contributed by atoms with Crippen molar-refractivity contribution in [2.24, 2.45) is 0 Å². The Hall–Kier alpha value is -2.57. The number of aromatic amines is 1. The predicted molar refractivity (Wildman–Crippen MR) is 106 cm³/mol. The normalized spacial score (nSPS) is 15.9. The third kappa shape index (κ3) is 4.07. The van der Waals surface area contributed by atoms with Crippen LogP contribution in [0.3, 0.4) is 0 Å². The van der Waals surface area contributed by atoms with Gasteiger partial charge in [-0.05, 0) is 30.3 Å². The number of imidazole rings is 1. The van der Waals surface area contributed by atoms with Gasteiger partial charge in [0.25, 0.3) is 0 Å². The summed E-state index contributed by atoms with van der Waals surface area (Å²) in [6, 6.07) is 14.2. The zero-order valence-electron chi connectivity index (χ0n) is 15.9. The van der Waals surface area contributed by atoms with E-state index < -0.39 is 0 Å². The van der Waals surface area contributed by atoms with Crippen molar-refractivity contribution in [2.75, 3.05) is 40.4 Å². The number of hydrogen-bond acceptors (Lipinski definition) is 5. The van der Waals surface area contributed by atoms with E-state index in [0.29, 0.717) is 0 Å². The summed E-state index contributed by atoms with van der Waals surface area (Å²) in [6.45, 7) is 5.86. The minimum absolute atomic E-state index is 0.866. The first-order chi connectivity index (χ1) is 13.2. The maximum Gasteiger partial charge on any atom is 0.123 e. The van der Waals surface area contributed by atoms with Crippen LogP contribution in [0.25, 0.3) is 11.0 Å². The van der Waals surface area contributed by atoms with E-state index in [2.05, 4.69) is 33.0 Å². The maximum absolute atomic E-state index is 5.51. The number of aromatic nitrogens is 2. The van der Waals surface area contributed by atoms with Crippen LogP contribution in [-0.2, 0) is 13.1 Å². The summed E-state index contributed by atoms with van der Waals surface area (Å²) in [6.07, 6.45) is 0. The topological polar surface area (TPSA) is 53.6 Å². The second-order valence-corrected chi connectivity index (χ2v) is 6.93. The molecule has 2 aromatic carbocycles. The number of rotatable bonds is 6. The number of methoxy groups -OCH3 is 2. The van der Waals surface area contributed by atoms with Gasteiger partial charge in [-0.3, -0.25) is 9.80 Å². The van der Waals surface area contributed by atoms with Gasteiger partial charge in [0.05, 0.1) is 31.8 Å². The molecular formula is C21H26N4O2. The minimum Gasteiger partial charge on any atom is -0.497 e. The van der Waals surface area contributed by atoms with E-state index in [4.69, 9.17) is 14.5 Å². The maximum atomic E-state index is 5.51. The minimum atomic E-state index is 0.866. The van der Waals surface area contributed by atoms with E-state index in [1.807, 2.05) is 24.3 Å². The Labute approximate surface area is 159 Å². The molecule has 0 spiro atoms. The summed E-state index contributed by atoms with van der Waals surface area (Å²) in [7, 11) is 3.42. The summed E-state index contributed by atoms with van der Waals surface area (Å²) in [4.78, 5) is 13.0. The molecule has 1 aromatic heterocycles. The Morgan fingerprint density at radius 3 is 2.37 bits per heavy atom. The lowest BCUT2D eigenvalue weighted by Gasteiger charge is -2.34. The summed E-state index contributed by atoms with van der Waals surface area (Å²) in [5.41, 5.74) is 3.31. The lowest BCUT2D eigenvalue weighted by Crippen LogP contribution is -2.45. The molecule has 1 aliphatic rings. The second kappa shape index (κ2) is 7.98. The highest BCUT2D eigenvalue weighted by Crippen LogP contribution is 2.25. The first-order valence-electron chi connectivity index (χ1n) is 9.34. The molecular weight excluding hydrogens is 340 g/mol. The van der Waals surface area contributed by atoms with Crippen molar-refractivity contribution in [3.05, 3.63) is 53.9 Å². The van der Waals surface area contributed by atoms with Crippen LogP contribution < -0.4 is 9.47 Å². The zero-order valence-corrected chi connectivity index (χ0v) is 15.9. The van der Waals surface area contributed by atoms with Crippen LogP contribution >= 0.6 is 0 Å². The van der Waals surface area contributed by atoms with E-state index in [0.717, 1.165) is 67.6 Å². The van der Waals surface area contributed by atoms with Crippen LogP contribution in [0.15, 0.2) is 42.5 Å². The van der Waals surface area contributed by atoms with Gasteiger partial charge in [0.1, 0.15) is 17.3 Å². The Morgan fingerprint density at radius 2 is 1.67 bits per heavy atom. The van der Waals surface area contributed by atoms with E-state index >= 15 is 0 Å². The first-order valence-corrected chi connectivity index (χ1v) is 9.34. The van der Waals surface area contributed by atoms with Crippen LogP contribution in [0.2, 0.25) is 0 Å². The van der Waals surface area contributed by atoms with Gasteiger partial charge in [-0.1, -0.05) is 12.1 Å². The van der Waals surface area contributed by atoms with E-state index in [9.17, 15) is 0 Å². The molecule has 1 N–H and O–H groups in total. The Bertz CT molecular complexity index is 867. The molecule has 0 bridgehead atoms. The SMILES string of the molecule is COc1ccc(OC)c(CN2CCN(Cc3nc4ccccc4[nH]3)CC2)c1. The van der Waals surface area contributed by atoms with Crippen LogP contribution in [0.4, 0.5) is 0 Å². The number of nitrogens with one attached hydrogen (secondary N) is 1. The monoisotopic (exact) mass is 366 g/mol. The third-order valence-corrected chi connectivity index (χ3v) is 5.16. The number of nitrogens with zero attached hydrogens (tertiary/aromatic N) is 3. The molecule has 4 rings (SSSR count). The molecule has 2 heterocycles. The Morgan fingerprint density at radius 1 is 0.926 bits per heavy atom. The highest BCUT2D eigenvalue weighted by atomic mass is 16.5. The van der Waals surface area contributed by atoms with Gasteiger partial charge in [0.2, 0.25) is 0 Å². The van der Waals surface area contributed by atoms with Gasteiger partial charge >= 0.3 is 0 Å². The molecule has 0 amide bonds. The Kier molecular flexibility index (Phi) is 5.27. The standard InChI is InChI=1S/C21H26N4O2/c1-26-17-7-8-20(27-2)16(13-17)14-24-9-11-25(12-10-24)15-21-22-18-5-3-4-6-19(18)23-21/h3-8,13H,9-12,14-15H2,1-2H3,(H,22,23). The number of fused-ring (bicyclic) bond motifs is 1.